The summed E-state index contributed by atoms with van der Waals surface area (Å²) in [6.45, 7) is 4.01. The Bertz CT molecular complexity index is 1220. The first-order chi connectivity index (χ1) is 16.6. The summed E-state index contributed by atoms with van der Waals surface area (Å²) in [6, 6.07) is 27.0. The molecule has 1 atom stereocenters. The highest BCUT2D eigenvalue weighted by atomic mass is 32.2. The van der Waals surface area contributed by atoms with Crippen LogP contribution >= 0.6 is 23.5 Å². The Kier molecular flexibility index (Phi) is 8.03. The quantitative estimate of drug-likeness (QED) is 0.309. The van der Waals surface area contributed by atoms with Crippen molar-refractivity contribution in [3.8, 4) is 0 Å². The molecule has 34 heavy (non-hydrogen) atoms. The van der Waals surface area contributed by atoms with E-state index in [0.29, 0.717) is 27.8 Å². The van der Waals surface area contributed by atoms with Crippen LogP contribution in [-0.2, 0) is 4.79 Å². The molecule has 4 rings (SSSR count). The lowest BCUT2D eigenvalue weighted by molar-refractivity contribution is -0.120. The van der Waals surface area contributed by atoms with Crippen LogP contribution in [0, 0.1) is 0 Å². The topological polar surface area (TPSA) is 58.5 Å². The standard InChI is InChI=1S/C28H26N2O2S2/c1-3-33-23-16-14-20(15-17-23)19(2)27(32)30-28-29-25(21-10-6-4-7-11-21)24(18-34-28)26(31)22-12-8-5-9-13-22/h4-17,19H,3,18H2,1-2H3,(H,29,30,32). The van der Waals surface area contributed by atoms with Gasteiger partial charge < -0.3 is 5.32 Å². The fourth-order valence-corrected chi connectivity index (χ4v) is 5.17. The minimum Gasteiger partial charge on any atom is -0.305 e. The highest BCUT2D eigenvalue weighted by molar-refractivity contribution is 8.14. The maximum atomic E-state index is 13.3. The first-order valence-corrected chi connectivity index (χ1v) is 13.2. The average molecular weight is 487 g/mol. The van der Waals surface area contributed by atoms with Gasteiger partial charge in [0, 0.05) is 27.3 Å². The summed E-state index contributed by atoms with van der Waals surface area (Å²) in [4.78, 5) is 32.2. The number of rotatable bonds is 7. The van der Waals surface area contributed by atoms with Crippen LogP contribution in [0.15, 0.2) is 100 Å². The number of carbonyl (C=O) groups is 2. The van der Waals surface area contributed by atoms with Gasteiger partial charge in [-0.1, -0.05) is 91.5 Å². The van der Waals surface area contributed by atoms with Gasteiger partial charge in [-0.15, -0.1) is 11.8 Å². The maximum Gasteiger partial charge on any atom is 0.233 e. The Hall–Kier alpha value is -3.09. The van der Waals surface area contributed by atoms with Gasteiger partial charge >= 0.3 is 0 Å². The van der Waals surface area contributed by atoms with E-state index in [-0.39, 0.29) is 17.6 Å². The third-order valence-electron chi connectivity index (χ3n) is 5.52. The van der Waals surface area contributed by atoms with Crippen LogP contribution in [0.5, 0.6) is 0 Å². The van der Waals surface area contributed by atoms with E-state index in [2.05, 4.69) is 24.4 Å². The van der Waals surface area contributed by atoms with Crippen molar-refractivity contribution in [3.05, 3.63) is 107 Å². The van der Waals surface area contributed by atoms with Crippen molar-refractivity contribution in [2.45, 2.75) is 24.7 Å². The van der Waals surface area contributed by atoms with E-state index in [1.165, 1.54) is 16.7 Å². The zero-order chi connectivity index (χ0) is 23.9. The van der Waals surface area contributed by atoms with Crippen molar-refractivity contribution < 1.29 is 9.59 Å². The zero-order valence-corrected chi connectivity index (χ0v) is 20.8. The van der Waals surface area contributed by atoms with Crippen molar-refractivity contribution in [2.75, 3.05) is 11.5 Å². The predicted molar refractivity (Wildman–Crippen MR) is 143 cm³/mol. The molecule has 3 aromatic rings. The lowest BCUT2D eigenvalue weighted by Gasteiger charge is -2.20. The Balaban J connectivity index is 1.59. The van der Waals surface area contributed by atoms with Crippen LogP contribution < -0.4 is 5.32 Å². The molecule has 0 aliphatic carbocycles. The molecule has 0 bridgehead atoms. The molecular weight excluding hydrogens is 460 g/mol. The molecule has 0 saturated heterocycles. The summed E-state index contributed by atoms with van der Waals surface area (Å²) in [6.07, 6.45) is 0. The Morgan fingerprint density at radius 3 is 2.26 bits per heavy atom. The molecule has 1 amide bonds. The summed E-state index contributed by atoms with van der Waals surface area (Å²) in [5, 5.41) is 3.49. The van der Waals surface area contributed by atoms with Crippen LogP contribution in [0.4, 0.5) is 0 Å². The molecule has 0 aromatic heterocycles. The fraction of sp³-hybridized carbons (Fsp3) is 0.179. The van der Waals surface area contributed by atoms with Crippen molar-refractivity contribution in [2.24, 2.45) is 4.99 Å². The Morgan fingerprint density at radius 1 is 0.971 bits per heavy atom. The second kappa shape index (κ2) is 11.4. The molecular formula is C28H26N2O2S2. The largest absolute Gasteiger partial charge is 0.305 e. The molecule has 4 nitrogen and oxygen atoms in total. The van der Waals surface area contributed by atoms with E-state index < -0.39 is 0 Å². The number of amides is 1. The number of Topliss-reactive ketones (excluding diaryl/α,β-unsaturated/α-hetero) is 1. The summed E-state index contributed by atoms with van der Waals surface area (Å²) < 4.78 is 0. The summed E-state index contributed by atoms with van der Waals surface area (Å²) in [5.74, 6) is 0.972. The van der Waals surface area contributed by atoms with Crippen LogP contribution in [-0.4, -0.2) is 28.4 Å². The molecule has 0 radical (unpaired) electrons. The first-order valence-electron chi connectivity index (χ1n) is 11.2. The second-order valence-electron chi connectivity index (χ2n) is 7.81. The summed E-state index contributed by atoms with van der Waals surface area (Å²) in [7, 11) is 0. The fourth-order valence-electron chi connectivity index (χ4n) is 3.63. The predicted octanol–water partition coefficient (Wildman–Crippen LogP) is 6.42. The molecule has 172 valence electrons. The lowest BCUT2D eigenvalue weighted by Crippen LogP contribution is -2.33. The van der Waals surface area contributed by atoms with E-state index in [1.54, 1.807) is 11.8 Å². The van der Waals surface area contributed by atoms with Crippen LogP contribution in [0.2, 0.25) is 0 Å². The van der Waals surface area contributed by atoms with Gasteiger partial charge in [-0.05, 0) is 30.4 Å². The van der Waals surface area contributed by atoms with E-state index in [1.807, 2.05) is 79.7 Å². The Labute approximate surface area is 209 Å². The molecule has 0 fully saturated rings. The number of thioether (sulfide) groups is 2. The van der Waals surface area contributed by atoms with Gasteiger partial charge in [0.2, 0.25) is 5.91 Å². The highest BCUT2D eigenvalue weighted by Gasteiger charge is 2.25. The van der Waals surface area contributed by atoms with Gasteiger partial charge in [-0.2, -0.15) is 0 Å². The van der Waals surface area contributed by atoms with E-state index in [0.717, 1.165) is 16.9 Å². The number of amidine groups is 1. The summed E-state index contributed by atoms with van der Waals surface area (Å²) >= 11 is 3.15. The van der Waals surface area contributed by atoms with E-state index >= 15 is 0 Å². The third kappa shape index (κ3) is 5.69. The number of hydrogen-bond acceptors (Lipinski definition) is 5. The van der Waals surface area contributed by atoms with Crippen molar-refractivity contribution >= 4 is 46.1 Å². The normalized spacial score (nSPS) is 14.4. The number of ketones is 1. The number of aliphatic imine (C=N–C) groups is 1. The molecule has 1 unspecified atom stereocenters. The van der Waals surface area contributed by atoms with Crippen LogP contribution in [0.25, 0.3) is 5.70 Å². The highest BCUT2D eigenvalue weighted by Crippen LogP contribution is 2.31. The number of benzene rings is 3. The van der Waals surface area contributed by atoms with E-state index in [9.17, 15) is 9.59 Å². The van der Waals surface area contributed by atoms with Gasteiger partial charge in [0.15, 0.2) is 11.0 Å². The zero-order valence-electron chi connectivity index (χ0n) is 19.2. The second-order valence-corrected chi connectivity index (χ2v) is 10.1. The van der Waals surface area contributed by atoms with Gasteiger partial charge in [-0.25, -0.2) is 4.99 Å². The molecule has 3 aromatic carbocycles. The van der Waals surface area contributed by atoms with Gasteiger partial charge in [0.1, 0.15) is 0 Å². The number of carbonyl (C=O) groups excluding carboxylic acids is 2. The van der Waals surface area contributed by atoms with Gasteiger partial charge in [0.25, 0.3) is 0 Å². The maximum absolute atomic E-state index is 13.3. The smallest absolute Gasteiger partial charge is 0.233 e. The van der Waals surface area contributed by atoms with Crippen molar-refractivity contribution in [1.82, 2.24) is 5.32 Å². The molecule has 1 heterocycles. The molecule has 0 saturated carbocycles. The van der Waals surface area contributed by atoms with Crippen LogP contribution in [0.3, 0.4) is 0 Å². The lowest BCUT2D eigenvalue weighted by atomic mass is 9.99. The Morgan fingerprint density at radius 2 is 1.62 bits per heavy atom. The number of hydrogen-bond donors (Lipinski definition) is 1. The molecule has 0 spiro atoms. The van der Waals surface area contributed by atoms with E-state index in [4.69, 9.17) is 4.99 Å². The average Bonchev–Trinajstić information content (AvgIpc) is 2.89. The van der Waals surface area contributed by atoms with Gasteiger partial charge in [0.05, 0.1) is 11.6 Å². The van der Waals surface area contributed by atoms with Crippen molar-refractivity contribution in [3.63, 3.8) is 0 Å². The molecule has 1 aliphatic heterocycles. The number of nitrogens with zero attached hydrogens (tertiary/aromatic N) is 1. The molecule has 6 heteroatoms. The monoisotopic (exact) mass is 486 g/mol. The molecule has 1 N–H and O–H groups in total. The first kappa shape index (κ1) is 24.0. The van der Waals surface area contributed by atoms with Gasteiger partial charge in [-0.3, -0.25) is 9.59 Å². The molecule has 1 aliphatic rings. The minimum atomic E-state index is -0.319. The third-order valence-corrected chi connectivity index (χ3v) is 7.32. The van der Waals surface area contributed by atoms with Crippen molar-refractivity contribution in [1.29, 1.82) is 0 Å². The SMILES string of the molecule is CCSc1ccc(C(C)C(=O)NC2=NC(c3ccccc3)=C(C(=O)c3ccccc3)CS2)cc1. The minimum absolute atomic E-state index is 0.0421. The van der Waals surface area contributed by atoms with Crippen LogP contribution in [0.1, 0.15) is 41.3 Å². The number of nitrogens with one attached hydrogen (secondary N) is 1. The summed E-state index contributed by atoms with van der Waals surface area (Å²) in [5.41, 5.74) is 3.69.